The topological polar surface area (TPSA) is 49.4 Å². The number of rotatable bonds is 5. The second kappa shape index (κ2) is 7.42. The Balaban J connectivity index is 1.76. The molecular formula is C21H28N2O2. The zero-order chi connectivity index (χ0) is 18.0. The quantitative estimate of drug-likeness (QED) is 0.837. The smallest absolute Gasteiger partial charge is 0.243 e. The molecule has 2 amide bonds. The molecule has 1 aliphatic heterocycles. The fourth-order valence-corrected chi connectivity index (χ4v) is 3.82. The summed E-state index contributed by atoms with van der Waals surface area (Å²) in [4.78, 5) is 27.6. The van der Waals surface area contributed by atoms with Crippen LogP contribution in [0.5, 0.6) is 0 Å². The molecule has 1 aromatic carbocycles. The molecule has 25 heavy (non-hydrogen) atoms. The van der Waals surface area contributed by atoms with E-state index in [-0.39, 0.29) is 29.8 Å². The Hall–Kier alpha value is -2.10. The predicted molar refractivity (Wildman–Crippen MR) is 99.0 cm³/mol. The average molecular weight is 340 g/mol. The highest BCUT2D eigenvalue weighted by molar-refractivity contribution is 5.91. The molecule has 0 bridgehead atoms. The molecule has 4 atom stereocenters. The van der Waals surface area contributed by atoms with E-state index in [1.54, 1.807) is 0 Å². The van der Waals surface area contributed by atoms with Gasteiger partial charge < -0.3 is 10.2 Å². The van der Waals surface area contributed by atoms with Crippen LogP contribution in [0.4, 0.5) is 0 Å². The molecule has 1 aliphatic carbocycles. The number of hydrogen-bond donors (Lipinski definition) is 1. The molecule has 3 rings (SSSR count). The molecule has 0 spiro atoms. The van der Waals surface area contributed by atoms with Crippen molar-refractivity contribution >= 4 is 11.8 Å². The van der Waals surface area contributed by atoms with Crippen LogP contribution in [0.3, 0.4) is 0 Å². The van der Waals surface area contributed by atoms with E-state index in [1.807, 2.05) is 42.2 Å². The number of carbonyl (C=O) groups excluding carboxylic acids is 2. The normalized spacial score (nSPS) is 29.1. The summed E-state index contributed by atoms with van der Waals surface area (Å²) in [7, 11) is 0. The van der Waals surface area contributed by atoms with Crippen LogP contribution in [0.2, 0.25) is 0 Å². The van der Waals surface area contributed by atoms with E-state index in [0.717, 1.165) is 6.42 Å². The van der Waals surface area contributed by atoms with Crippen molar-refractivity contribution in [2.24, 2.45) is 11.8 Å². The maximum Gasteiger partial charge on any atom is 0.243 e. The van der Waals surface area contributed by atoms with E-state index in [2.05, 4.69) is 31.3 Å². The molecule has 2 aliphatic rings. The van der Waals surface area contributed by atoms with E-state index in [9.17, 15) is 9.59 Å². The van der Waals surface area contributed by atoms with Gasteiger partial charge >= 0.3 is 0 Å². The summed E-state index contributed by atoms with van der Waals surface area (Å²) in [6.45, 7) is 6.70. The molecule has 1 aromatic rings. The van der Waals surface area contributed by atoms with E-state index in [0.29, 0.717) is 24.8 Å². The van der Waals surface area contributed by atoms with E-state index < -0.39 is 0 Å². The van der Waals surface area contributed by atoms with Crippen molar-refractivity contribution in [2.75, 3.05) is 6.54 Å². The Kier molecular flexibility index (Phi) is 5.26. The average Bonchev–Trinajstić information content (AvgIpc) is 3.38. The van der Waals surface area contributed by atoms with Gasteiger partial charge in [-0.3, -0.25) is 9.59 Å². The van der Waals surface area contributed by atoms with Crippen LogP contribution in [0.25, 0.3) is 0 Å². The molecule has 1 saturated carbocycles. The van der Waals surface area contributed by atoms with Crippen LogP contribution >= 0.6 is 0 Å². The van der Waals surface area contributed by atoms with E-state index in [1.165, 1.54) is 5.56 Å². The van der Waals surface area contributed by atoms with Gasteiger partial charge in [0.2, 0.25) is 11.8 Å². The Labute approximate surface area is 150 Å². The van der Waals surface area contributed by atoms with Crippen molar-refractivity contribution in [2.45, 2.75) is 51.6 Å². The van der Waals surface area contributed by atoms with Crippen molar-refractivity contribution in [1.82, 2.24) is 10.2 Å². The first kappa shape index (κ1) is 17.7. The number of hydrogen-bond acceptors (Lipinski definition) is 2. The highest BCUT2D eigenvalue weighted by Crippen LogP contribution is 2.48. The number of carbonyl (C=O) groups is 2. The lowest BCUT2D eigenvalue weighted by atomic mass is 9.97. The second-order valence-electron chi connectivity index (χ2n) is 7.64. The van der Waals surface area contributed by atoms with Crippen LogP contribution in [-0.2, 0) is 9.59 Å². The van der Waals surface area contributed by atoms with Gasteiger partial charge in [0.05, 0.1) is 6.04 Å². The van der Waals surface area contributed by atoms with Crippen molar-refractivity contribution in [3.05, 3.63) is 48.0 Å². The Bertz CT molecular complexity index is 653. The van der Waals surface area contributed by atoms with Gasteiger partial charge in [0.25, 0.3) is 0 Å². The molecule has 0 radical (unpaired) electrons. The third-order valence-corrected chi connectivity index (χ3v) is 5.14. The molecule has 1 saturated heterocycles. The molecule has 4 nitrogen and oxygen atoms in total. The standard InChI is InChI=1S/C21H28N2O2/c1-4-8-16-13-23(19(11-14(2)3)20(24)22-16)21(25)18-12-17(18)15-9-6-5-7-10-15/h4-10,14,16-19H,11-13H2,1-3H3,(H,22,24). The van der Waals surface area contributed by atoms with Gasteiger partial charge in [-0.1, -0.05) is 56.3 Å². The predicted octanol–water partition coefficient (Wildman–Crippen LogP) is 3.11. The fraction of sp³-hybridized carbons (Fsp3) is 0.524. The van der Waals surface area contributed by atoms with Gasteiger partial charge in [0.15, 0.2) is 0 Å². The molecule has 2 fully saturated rings. The van der Waals surface area contributed by atoms with Crippen molar-refractivity contribution < 1.29 is 9.59 Å². The number of allylic oxidation sites excluding steroid dienone is 1. The zero-order valence-corrected chi connectivity index (χ0v) is 15.3. The summed E-state index contributed by atoms with van der Waals surface area (Å²) in [5, 5.41) is 3.04. The van der Waals surface area contributed by atoms with Gasteiger partial charge in [-0.15, -0.1) is 0 Å². The van der Waals surface area contributed by atoms with Gasteiger partial charge in [0, 0.05) is 12.5 Å². The van der Waals surface area contributed by atoms with Crippen molar-refractivity contribution in [1.29, 1.82) is 0 Å². The molecule has 4 unspecified atom stereocenters. The first-order chi connectivity index (χ1) is 12.0. The van der Waals surface area contributed by atoms with Crippen molar-refractivity contribution in [3.8, 4) is 0 Å². The Morgan fingerprint density at radius 2 is 2.04 bits per heavy atom. The van der Waals surface area contributed by atoms with E-state index in [4.69, 9.17) is 0 Å². The molecule has 1 N–H and O–H groups in total. The summed E-state index contributed by atoms with van der Waals surface area (Å²) in [5.41, 5.74) is 1.23. The van der Waals surface area contributed by atoms with E-state index >= 15 is 0 Å². The Morgan fingerprint density at radius 1 is 1.32 bits per heavy atom. The largest absolute Gasteiger partial charge is 0.346 e. The number of nitrogens with zero attached hydrogens (tertiary/aromatic N) is 1. The van der Waals surface area contributed by atoms with Crippen LogP contribution in [0, 0.1) is 11.8 Å². The number of benzene rings is 1. The van der Waals surface area contributed by atoms with Gasteiger partial charge in [-0.05, 0) is 37.2 Å². The monoisotopic (exact) mass is 340 g/mol. The summed E-state index contributed by atoms with van der Waals surface area (Å²) < 4.78 is 0. The molecule has 134 valence electrons. The lowest BCUT2D eigenvalue weighted by molar-refractivity contribution is -0.145. The number of nitrogens with one attached hydrogen (secondary N) is 1. The van der Waals surface area contributed by atoms with Crippen LogP contribution in [0.15, 0.2) is 42.5 Å². The minimum Gasteiger partial charge on any atom is -0.346 e. The maximum absolute atomic E-state index is 13.2. The number of piperazine rings is 1. The lowest BCUT2D eigenvalue weighted by Crippen LogP contribution is -2.61. The molecular weight excluding hydrogens is 312 g/mol. The van der Waals surface area contributed by atoms with Gasteiger partial charge in [0.1, 0.15) is 6.04 Å². The summed E-state index contributed by atoms with van der Waals surface area (Å²) in [5.74, 6) is 0.818. The SMILES string of the molecule is CC=CC1CN(C(=O)C2CC2c2ccccc2)C(CC(C)C)C(=O)N1. The summed E-state index contributed by atoms with van der Waals surface area (Å²) in [6, 6.07) is 9.80. The molecule has 4 heteroatoms. The minimum atomic E-state index is -0.342. The van der Waals surface area contributed by atoms with Gasteiger partial charge in [-0.25, -0.2) is 0 Å². The van der Waals surface area contributed by atoms with Crippen molar-refractivity contribution in [3.63, 3.8) is 0 Å². The fourth-order valence-electron chi connectivity index (χ4n) is 3.82. The molecule has 0 aromatic heterocycles. The number of amides is 2. The highest BCUT2D eigenvalue weighted by atomic mass is 16.2. The summed E-state index contributed by atoms with van der Waals surface area (Å²) in [6.07, 6.45) is 5.50. The lowest BCUT2D eigenvalue weighted by Gasteiger charge is -2.39. The Morgan fingerprint density at radius 3 is 2.68 bits per heavy atom. The third kappa shape index (κ3) is 3.94. The third-order valence-electron chi connectivity index (χ3n) is 5.14. The van der Waals surface area contributed by atoms with Crippen LogP contribution < -0.4 is 5.32 Å². The minimum absolute atomic E-state index is 0.0201. The first-order valence-electron chi connectivity index (χ1n) is 9.29. The zero-order valence-electron chi connectivity index (χ0n) is 15.3. The second-order valence-corrected chi connectivity index (χ2v) is 7.64. The summed E-state index contributed by atoms with van der Waals surface area (Å²) >= 11 is 0. The molecule has 1 heterocycles. The van der Waals surface area contributed by atoms with Gasteiger partial charge in [-0.2, -0.15) is 0 Å². The first-order valence-corrected chi connectivity index (χ1v) is 9.29. The maximum atomic E-state index is 13.2. The van der Waals surface area contributed by atoms with Crippen LogP contribution in [-0.4, -0.2) is 35.3 Å². The van der Waals surface area contributed by atoms with Crippen LogP contribution in [0.1, 0.15) is 45.1 Å². The highest BCUT2D eigenvalue weighted by Gasteiger charge is 2.49.